The lowest BCUT2D eigenvalue weighted by molar-refractivity contribution is 0.0736. The number of nitrogens with one attached hydrogen (secondary N) is 1. The van der Waals surface area contributed by atoms with Crippen LogP contribution < -0.4 is 9.62 Å². The Morgan fingerprint density at radius 2 is 1.93 bits per heavy atom. The Labute approximate surface area is 163 Å². The fourth-order valence-corrected chi connectivity index (χ4v) is 5.39. The van der Waals surface area contributed by atoms with Crippen LogP contribution in [0.1, 0.15) is 22.5 Å². The zero-order chi connectivity index (χ0) is 19.0. The van der Waals surface area contributed by atoms with Crippen LogP contribution in [-0.4, -0.2) is 51.2 Å². The van der Waals surface area contributed by atoms with Crippen molar-refractivity contribution in [3.8, 4) is 0 Å². The van der Waals surface area contributed by atoms with Crippen molar-refractivity contribution in [2.75, 3.05) is 35.5 Å². The molecule has 1 aromatic heterocycles. The van der Waals surface area contributed by atoms with E-state index in [1.165, 1.54) is 11.3 Å². The monoisotopic (exact) mass is 405 g/mol. The van der Waals surface area contributed by atoms with Gasteiger partial charge in [-0.15, -0.1) is 11.3 Å². The first kappa shape index (κ1) is 18.5. The van der Waals surface area contributed by atoms with Gasteiger partial charge in [0.05, 0.1) is 28.5 Å². The average Bonchev–Trinajstić information content (AvgIpc) is 3.18. The predicted octanol–water partition coefficient (Wildman–Crippen LogP) is 2.86. The molecule has 144 valence electrons. The van der Waals surface area contributed by atoms with Gasteiger partial charge in [0, 0.05) is 6.54 Å². The lowest BCUT2D eigenvalue weighted by Crippen LogP contribution is -2.59. The molecule has 1 atom stereocenters. The van der Waals surface area contributed by atoms with Gasteiger partial charge in [-0.25, -0.2) is 8.42 Å². The van der Waals surface area contributed by atoms with Gasteiger partial charge in [0.2, 0.25) is 10.0 Å². The molecular weight excluding hydrogens is 382 g/mol. The number of carbonyl (C=O) groups is 1. The number of para-hydroxylation sites is 2. The Hall–Kier alpha value is -1.90. The van der Waals surface area contributed by atoms with Gasteiger partial charge >= 0.3 is 0 Å². The summed E-state index contributed by atoms with van der Waals surface area (Å²) in [6.07, 6.45) is 3.27. The molecule has 6 nitrogen and oxygen atoms in total. The summed E-state index contributed by atoms with van der Waals surface area (Å²) in [5.41, 5.74) is 1.07. The van der Waals surface area contributed by atoms with Crippen molar-refractivity contribution in [1.82, 2.24) is 4.90 Å². The van der Waals surface area contributed by atoms with E-state index >= 15 is 0 Å². The minimum absolute atomic E-state index is 0.0459. The molecule has 3 fully saturated rings. The zero-order valence-corrected chi connectivity index (χ0v) is 16.8. The Morgan fingerprint density at radius 1 is 1.19 bits per heavy atom. The SMILES string of the molecule is CS(=O)(=O)Nc1ccccc1N(C(=O)c1cccs1)[C@H]1CN2CCC1CC2. The molecule has 3 aliphatic rings. The summed E-state index contributed by atoms with van der Waals surface area (Å²) >= 11 is 1.41. The Kier molecular flexibility index (Phi) is 4.96. The number of hydrogen-bond acceptors (Lipinski definition) is 5. The number of sulfonamides is 1. The Balaban J connectivity index is 1.78. The fraction of sp³-hybridized carbons (Fsp3) is 0.421. The van der Waals surface area contributed by atoms with Crippen LogP contribution in [0.3, 0.4) is 0 Å². The molecule has 1 amide bonds. The molecule has 0 radical (unpaired) electrons. The van der Waals surface area contributed by atoms with Crippen LogP contribution >= 0.6 is 11.3 Å². The summed E-state index contributed by atoms with van der Waals surface area (Å²) < 4.78 is 26.3. The van der Waals surface area contributed by atoms with Gasteiger partial charge < -0.3 is 9.80 Å². The molecule has 8 heteroatoms. The van der Waals surface area contributed by atoms with Crippen LogP contribution in [0, 0.1) is 5.92 Å². The summed E-state index contributed by atoms with van der Waals surface area (Å²) in [4.78, 5) is 18.3. The highest BCUT2D eigenvalue weighted by Crippen LogP contribution is 2.37. The molecule has 27 heavy (non-hydrogen) atoms. The first-order valence-corrected chi connectivity index (χ1v) is 11.9. The van der Waals surface area contributed by atoms with Crippen LogP contribution in [0.5, 0.6) is 0 Å². The standard InChI is InChI=1S/C19H23N3O3S2/c1-27(24,25)20-15-5-2-3-6-16(15)22(19(23)18-7-4-12-26-18)17-13-21-10-8-14(17)9-11-21/h2-7,12,14,17,20H,8-11,13H2,1H3/t17-/m0/s1. The Bertz CT molecular complexity index is 919. The highest BCUT2D eigenvalue weighted by atomic mass is 32.2. The number of nitrogens with zero attached hydrogens (tertiary/aromatic N) is 2. The number of anilines is 2. The molecule has 3 saturated heterocycles. The van der Waals surface area contributed by atoms with Crippen LogP contribution in [0.25, 0.3) is 0 Å². The van der Waals surface area contributed by atoms with Crippen LogP contribution in [0.15, 0.2) is 41.8 Å². The van der Waals surface area contributed by atoms with Crippen molar-refractivity contribution in [1.29, 1.82) is 0 Å². The highest BCUT2D eigenvalue weighted by Gasteiger charge is 2.41. The molecule has 0 aliphatic carbocycles. The number of benzene rings is 1. The molecule has 5 rings (SSSR count). The van der Waals surface area contributed by atoms with E-state index < -0.39 is 10.0 Å². The van der Waals surface area contributed by atoms with E-state index in [2.05, 4.69) is 9.62 Å². The molecule has 1 N–H and O–H groups in total. The van der Waals surface area contributed by atoms with E-state index in [0.717, 1.165) is 38.7 Å². The number of thiophene rings is 1. The summed E-state index contributed by atoms with van der Waals surface area (Å²) in [7, 11) is -3.45. The smallest absolute Gasteiger partial charge is 0.268 e. The van der Waals surface area contributed by atoms with Crippen molar-refractivity contribution in [2.45, 2.75) is 18.9 Å². The molecule has 0 unspecified atom stereocenters. The van der Waals surface area contributed by atoms with Gasteiger partial charge in [-0.1, -0.05) is 18.2 Å². The fourth-order valence-electron chi connectivity index (χ4n) is 4.15. The highest BCUT2D eigenvalue weighted by molar-refractivity contribution is 7.92. The maximum Gasteiger partial charge on any atom is 0.268 e. The molecule has 0 saturated carbocycles. The molecule has 1 aromatic carbocycles. The number of rotatable bonds is 5. The van der Waals surface area contributed by atoms with Crippen molar-refractivity contribution in [3.05, 3.63) is 46.7 Å². The maximum absolute atomic E-state index is 13.4. The first-order valence-electron chi connectivity index (χ1n) is 9.08. The average molecular weight is 406 g/mol. The lowest BCUT2D eigenvalue weighted by Gasteiger charge is -2.49. The Morgan fingerprint density at radius 3 is 2.52 bits per heavy atom. The number of hydrogen-bond donors (Lipinski definition) is 1. The van der Waals surface area contributed by atoms with Gasteiger partial charge in [-0.3, -0.25) is 9.52 Å². The lowest BCUT2D eigenvalue weighted by atomic mass is 9.82. The summed E-state index contributed by atoms with van der Waals surface area (Å²) in [6, 6.07) is 10.9. The summed E-state index contributed by atoms with van der Waals surface area (Å²) in [5, 5.41) is 1.89. The largest absolute Gasteiger partial charge is 0.301 e. The molecule has 4 heterocycles. The predicted molar refractivity (Wildman–Crippen MR) is 109 cm³/mol. The maximum atomic E-state index is 13.4. The third-order valence-corrected chi connectivity index (χ3v) is 6.81. The van der Waals surface area contributed by atoms with E-state index in [4.69, 9.17) is 0 Å². The number of fused-ring (bicyclic) bond motifs is 3. The van der Waals surface area contributed by atoms with Gasteiger partial charge in [0.15, 0.2) is 0 Å². The van der Waals surface area contributed by atoms with E-state index in [0.29, 0.717) is 22.2 Å². The molecule has 2 aromatic rings. The second-order valence-electron chi connectivity index (χ2n) is 7.25. The van der Waals surface area contributed by atoms with E-state index in [-0.39, 0.29) is 11.9 Å². The van der Waals surface area contributed by atoms with Gasteiger partial charge in [0.1, 0.15) is 0 Å². The molecule has 2 bridgehead atoms. The molecule has 0 spiro atoms. The van der Waals surface area contributed by atoms with Crippen LogP contribution in [0.4, 0.5) is 11.4 Å². The normalized spacial score (nSPS) is 24.6. The first-order chi connectivity index (χ1) is 12.9. The number of carbonyl (C=O) groups excluding carboxylic acids is 1. The van der Waals surface area contributed by atoms with Gasteiger partial charge in [-0.05, 0) is 55.4 Å². The second-order valence-corrected chi connectivity index (χ2v) is 9.95. The summed E-state index contributed by atoms with van der Waals surface area (Å²) in [5.74, 6) is 0.372. The summed E-state index contributed by atoms with van der Waals surface area (Å²) in [6.45, 7) is 2.98. The minimum atomic E-state index is -3.45. The molecule has 3 aliphatic heterocycles. The van der Waals surface area contributed by atoms with Crippen molar-refractivity contribution in [3.63, 3.8) is 0 Å². The quantitative estimate of drug-likeness (QED) is 0.830. The topological polar surface area (TPSA) is 69.7 Å². The van der Waals surface area contributed by atoms with Gasteiger partial charge in [0.25, 0.3) is 5.91 Å². The second kappa shape index (κ2) is 7.26. The van der Waals surface area contributed by atoms with Crippen molar-refractivity contribution < 1.29 is 13.2 Å². The number of amides is 1. The van der Waals surface area contributed by atoms with E-state index in [1.54, 1.807) is 12.1 Å². The van der Waals surface area contributed by atoms with Crippen molar-refractivity contribution in [2.24, 2.45) is 5.92 Å². The minimum Gasteiger partial charge on any atom is -0.301 e. The molecular formula is C19H23N3O3S2. The van der Waals surface area contributed by atoms with E-state index in [9.17, 15) is 13.2 Å². The number of piperidine rings is 3. The van der Waals surface area contributed by atoms with Crippen LogP contribution in [-0.2, 0) is 10.0 Å². The van der Waals surface area contributed by atoms with Crippen molar-refractivity contribution >= 4 is 38.6 Å². The van der Waals surface area contributed by atoms with Crippen LogP contribution in [0.2, 0.25) is 0 Å². The van der Waals surface area contributed by atoms with E-state index in [1.807, 2.05) is 34.5 Å². The third-order valence-electron chi connectivity index (χ3n) is 5.36. The van der Waals surface area contributed by atoms with Gasteiger partial charge in [-0.2, -0.15) is 0 Å². The zero-order valence-electron chi connectivity index (χ0n) is 15.2. The third kappa shape index (κ3) is 3.88.